The number of rotatable bonds is 4. The topological polar surface area (TPSA) is 128 Å². The lowest BCUT2D eigenvalue weighted by atomic mass is 10.1. The van der Waals surface area contributed by atoms with Gasteiger partial charge >= 0.3 is 0 Å². The zero-order valence-electron chi connectivity index (χ0n) is 13.9. The van der Waals surface area contributed by atoms with Crippen molar-refractivity contribution >= 4 is 27.3 Å². The quantitative estimate of drug-likeness (QED) is 0.467. The molecule has 0 spiro atoms. The van der Waals surface area contributed by atoms with Crippen molar-refractivity contribution < 1.29 is 36.6 Å². The highest BCUT2D eigenvalue weighted by Gasteiger charge is 2.33. The van der Waals surface area contributed by atoms with Crippen LogP contribution in [0.3, 0.4) is 0 Å². The lowest BCUT2D eigenvalue weighted by Gasteiger charge is -2.30. The van der Waals surface area contributed by atoms with Crippen molar-refractivity contribution in [1.29, 1.82) is 0 Å². The van der Waals surface area contributed by atoms with Crippen LogP contribution in [-0.2, 0) is 10.0 Å². The Balaban J connectivity index is 1.89. The van der Waals surface area contributed by atoms with E-state index >= 15 is 0 Å². The summed E-state index contributed by atoms with van der Waals surface area (Å²) in [6.07, 6.45) is -2.58. The molecular formula is C16H14F3N3O5S. The number of sulfonamides is 1. The van der Waals surface area contributed by atoms with E-state index in [1.807, 2.05) is 0 Å². The Morgan fingerprint density at radius 1 is 1.18 bits per heavy atom. The van der Waals surface area contributed by atoms with E-state index in [4.69, 9.17) is 5.11 Å². The second-order valence-corrected chi connectivity index (χ2v) is 7.59. The number of halogens is 3. The first-order valence-corrected chi connectivity index (χ1v) is 9.28. The SMILES string of the molecule is O=C(Nc1cc(F)c(F)c(F)c1)c1ccc2c(c1)S(=O)(=O)NC([C@@H](O)CO)N2. The Bertz CT molecular complexity index is 1020. The average Bonchev–Trinajstić information content (AvgIpc) is 2.64. The molecule has 0 radical (unpaired) electrons. The predicted octanol–water partition coefficient (Wildman–Crippen LogP) is 0.739. The predicted molar refractivity (Wildman–Crippen MR) is 91.5 cm³/mol. The molecule has 28 heavy (non-hydrogen) atoms. The molecule has 0 bridgehead atoms. The summed E-state index contributed by atoms with van der Waals surface area (Å²) in [5.41, 5.74) is -0.437. The third-order valence-corrected chi connectivity index (χ3v) is 5.42. The van der Waals surface area contributed by atoms with E-state index in [-0.39, 0.29) is 21.8 Å². The van der Waals surface area contributed by atoms with Crippen molar-refractivity contribution in [2.24, 2.45) is 0 Å². The van der Waals surface area contributed by atoms with Gasteiger partial charge in [-0.1, -0.05) is 0 Å². The van der Waals surface area contributed by atoms with Gasteiger partial charge in [0.15, 0.2) is 17.5 Å². The van der Waals surface area contributed by atoms with Gasteiger partial charge in [-0.3, -0.25) is 4.79 Å². The highest BCUT2D eigenvalue weighted by atomic mass is 32.2. The average molecular weight is 417 g/mol. The maximum atomic E-state index is 13.3. The normalized spacial score (nSPS) is 18.7. The Hall–Kier alpha value is -2.67. The monoisotopic (exact) mass is 417 g/mol. The van der Waals surface area contributed by atoms with Gasteiger partial charge < -0.3 is 20.8 Å². The van der Waals surface area contributed by atoms with Crippen molar-refractivity contribution in [2.75, 3.05) is 17.2 Å². The molecule has 1 aliphatic heterocycles. The fourth-order valence-corrected chi connectivity index (χ4v) is 3.92. The molecule has 0 fully saturated rings. The van der Waals surface area contributed by atoms with Crippen molar-refractivity contribution in [2.45, 2.75) is 17.2 Å². The Kier molecular flexibility index (Phi) is 5.30. The Labute approximate surface area is 157 Å². The summed E-state index contributed by atoms with van der Waals surface area (Å²) in [4.78, 5) is 12.0. The maximum absolute atomic E-state index is 13.3. The third-order valence-electron chi connectivity index (χ3n) is 3.94. The maximum Gasteiger partial charge on any atom is 0.255 e. The first kappa shape index (κ1) is 20.1. The third kappa shape index (κ3) is 3.80. The first-order valence-electron chi connectivity index (χ1n) is 7.80. The molecule has 1 heterocycles. The second-order valence-electron chi connectivity index (χ2n) is 5.91. The number of hydrogen-bond donors (Lipinski definition) is 5. The number of carbonyl (C=O) groups is 1. The van der Waals surface area contributed by atoms with Gasteiger partial charge in [-0.25, -0.2) is 21.6 Å². The number of fused-ring (bicyclic) bond motifs is 1. The molecule has 2 aromatic carbocycles. The van der Waals surface area contributed by atoms with Crippen molar-refractivity contribution in [3.63, 3.8) is 0 Å². The summed E-state index contributed by atoms with van der Waals surface area (Å²) in [7, 11) is -4.13. The number of amides is 1. The molecule has 0 aliphatic carbocycles. The molecule has 1 unspecified atom stereocenters. The molecule has 1 aliphatic rings. The standard InChI is InChI=1S/C16H14F3N3O5S/c17-9-4-8(5-10(18)14(9)19)20-16(25)7-1-2-11-13(3-7)28(26,27)22-15(21-11)12(24)6-23/h1-5,12,15,21-24H,6H2,(H,20,25)/t12-,15?/m0/s1. The van der Waals surface area contributed by atoms with E-state index in [0.717, 1.165) is 6.07 Å². The number of anilines is 2. The van der Waals surface area contributed by atoms with Gasteiger partial charge in [0.1, 0.15) is 17.2 Å². The fraction of sp³-hybridized carbons (Fsp3) is 0.188. The van der Waals surface area contributed by atoms with Crippen LogP contribution in [-0.4, -0.2) is 43.4 Å². The highest BCUT2D eigenvalue weighted by molar-refractivity contribution is 7.89. The number of aliphatic hydroxyl groups excluding tert-OH is 2. The summed E-state index contributed by atoms with van der Waals surface area (Å²) in [6.45, 7) is -0.694. The molecule has 0 saturated heterocycles. The number of carbonyl (C=O) groups excluding carboxylic acids is 1. The van der Waals surface area contributed by atoms with Gasteiger partial charge in [0.05, 0.1) is 12.3 Å². The van der Waals surface area contributed by atoms with E-state index in [1.54, 1.807) is 0 Å². The zero-order valence-corrected chi connectivity index (χ0v) is 14.7. The van der Waals surface area contributed by atoms with Crippen molar-refractivity contribution in [3.05, 3.63) is 53.3 Å². The van der Waals surface area contributed by atoms with Crippen LogP contribution in [0.4, 0.5) is 24.5 Å². The molecule has 12 heteroatoms. The molecule has 150 valence electrons. The highest BCUT2D eigenvalue weighted by Crippen LogP contribution is 2.28. The van der Waals surface area contributed by atoms with Gasteiger partial charge in [-0.05, 0) is 18.2 Å². The number of aliphatic hydroxyl groups is 2. The van der Waals surface area contributed by atoms with Gasteiger partial charge in [-0.2, -0.15) is 4.72 Å². The summed E-state index contributed by atoms with van der Waals surface area (Å²) in [5, 5.41) is 23.4. The number of hydrogen-bond acceptors (Lipinski definition) is 6. The second kappa shape index (κ2) is 7.39. The van der Waals surface area contributed by atoms with Gasteiger partial charge in [-0.15, -0.1) is 0 Å². The van der Waals surface area contributed by atoms with Crippen LogP contribution in [0.25, 0.3) is 0 Å². The zero-order chi connectivity index (χ0) is 20.6. The van der Waals surface area contributed by atoms with Crippen LogP contribution >= 0.6 is 0 Å². The molecular weight excluding hydrogens is 403 g/mol. The molecule has 2 aromatic rings. The van der Waals surface area contributed by atoms with Crippen LogP contribution in [0.1, 0.15) is 10.4 Å². The summed E-state index contributed by atoms with van der Waals surface area (Å²) < 4.78 is 66.3. The van der Waals surface area contributed by atoms with E-state index in [2.05, 4.69) is 15.4 Å². The van der Waals surface area contributed by atoms with E-state index in [9.17, 15) is 31.5 Å². The molecule has 0 saturated carbocycles. The van der Waals surface area contributed by atoms with E-state index < -0.39 is 52.3 Å². The van der Waals surface area contributed by atoms with Crippen LogP contribution in [0.2, 0.25) is 0 Å². The minimum absolute atomic E-state index is 0.0756. The Morgan fingerprint density at radius 3 is 2.43 bits per heavy atom. The van der Waals surface area contributed by atoms with Crippen LogP contribution < -0.4 is 15.4 Å². The molecule has 5 N–H and O–H groups in total. The van der Waals surface area contributed by atoms with E-state index in [0.29, 0.717) is 12.1 Å². The summed E-state index contributed by atoms with van der Waals surface area (Å²) >= 11 is 0. The minimum atomic E-state index is -4.13. The van der Waals surface area contributed by atoms with E-state index in [1.165, 1.54) is 12.1 Å². The lowest BCUT2D eigenvalue weighted by Crippen LogP contribution is -2.52. The largest absolute Gasteiger partial charge is 0.394 e. The van der Waals surface area contributed by atoms with Gasteiger partial charge in [0.25, 0.3) is 5.91 Å². The molecule has 3 rings (SSSR count). The van der Waals surface area contributed by atoms with Crippen LogP contribution in [0, 0.1) is 17.5 Å². The number of nitrogens with one attached hydrogen (secondary N) is 3. The van der Waals surface area contributed by atoms with Crippen LogP contribution in [0.15, 0.2) is 35.2 Å². The summed E-state index contributed by atoms with van der Waals surface area (Å²) in [5.74, 6) is -5.56. The molecule has 0 aromatic heterocycles. The van der Waals surface area contributed by atoms with Crippen LogP contribution in [0.5, 0.6) is 0 Å². The molecule has 2 atom stereocenters. The minimum Gasteiger partial charge on any atom is -0.394 e. The fourth-order valence-electron chi connectivity index (χ4n) is 2.54. The molecule has 8 nitrogen and oxygen atoms in total. The van der Waals surface area contributed by atoms with Gasteiger partial charge in [0.2, 0.25) is 10.0 Å². The first-order chi connectivity index (χ1) is 13.1. The van der Waals surface area contributed by atoms with Crippen molar-refractivity contribution in [3.8, 4) is 0 Å². The van der Waals surface area contributed by atoms with Gasteiger partial charge in [0, 0.05) is 23.4 Å². The summed E-state index contributed by atoms with van der Waals surface area (Å²) in [6, 6.07) is 4.66. The van der Waals surface area contributed by atoms with Crippen molar-refractivity contribution in [1.82, 2.24) is 4.72 Å². The number of benzene rings is 2. The Morgan fingerprint density at radius 2 is 1.82 bits per heavy atom. The smallest absolute Gasteiger partial charge is 0.255 e. The molecule has 1 amide bonds. The lowest BCUT2D eigenvalue weighted by molar-refractivity contribution is 0.0762.